The average molecular weight is 291 g/mol. The van der Waals surface area contributed by atoms with Gasteiger partial charge in [0.25, 0.3) is 5.91 Å². The van der Waals surface area contributed by atoms with Crippen LogP contribution in [0.1, 0.15) is 43.1 Å². The SMILES string of the molecule is CCC(C)(C)N(C)C(=O)c1cc(C(F)(F)F)ccc1F. The summed E-state index contributed by atoms with van der Waals surface area (Å²) >= 11 is 0. The maximum absolute atomic E-state index is 13.6. The first kappa shape index (κ1) is 16.5. The minimum absolute atomic E-state index is 0.555. The Kier molecular flexibility index (Phi) is 4.46. The summed E-state index contributed by atoms with van der Waals surface area (Å²) < 4.78 is 51.5. The van der Waals surface area contributed by atoms with Crippen LogP contribution in [-0.2, 0) is 6.18 Å². The van der Waals surface area contributed by atoms with Gasteiger partial charge in [-0.3, -0.25) is 4.79 Å². The highest BCUT2D eigenvalue weighted by Crippen LogP contribution is 2.31. The number of alkyl halides is 3. The van der Waals surface area contributed by atoms with Crippen LogP contribution in [0.15, 0.2) is 18.2 Å². The van der Waals surface area contributed by atoms with E-state index in [9.17, 15) is 22.4 Å². The lowest BCUT2D eigenvalue weighted by Gasteiger charge is -2.35. The molecule has 0 bridgehead atoms. The molecule has 6 heteroatoms. The molecule has 0 fully saturated rings. The van der Waals surface area contributed by atoms with Crippen LogP contribution in [0, 0.1) is 5.82 Å². The topological polar surface area (TPSA) is 20.3 Å². The van der Waals surface area contributed by atoms with Gasteiger partial charge >= 0.3 is 6.18 Å². The second kappa shape index (κ2) is 5.42. The average Bonchev–Trinajstić information content (AvgIpc) is 2.36. The number of rotatable bonds is 3. The molecule has 0 aliphatic rings. The van der Waals surface area contributed by atoms with E-state index in [-0.39, 0.29) is 0 Å². The molecule has 0 heterocycles. The van der Waals surface area contributed by atoms with Gasteiger partial charge in [0.1, 0.15) is 5.82 Å². The van der Waals surface area contributed by atoms with Gasteiger partial charge in [0.05, 0.1) is 11.1 Å². The standard InChI is InChI=1S/C14H17F4NO/c1-5-13(2,3)19(4)12(20)10-8-9(14(16,17)18)6-7-11(10)15/h6-8H,5H2,1-4H3. The van der Waals surface area contributed by atoms with Crippen LogP contribution in [0.3, 0.4) is 0 Å². The van der Waals surface area contributed by atoms with E-state index in [4.69, 9.17) is 0 Å². The summed E-state index contributed by atoms with van der Waals surface area (Å²) in [6.07, 6.45) is -4.02. The Morgan fingerprint density at radius 1 is 1.25 bits per heavy atom. The molecule has 0 aromatic heterocycles. The highest BCUT2D eigenvalue weighted by molar-refractivity contribution is 5.95. The molecule has 0 aliphatic carbocycles. The third-order valence-corrected chi connectivity index (χ3v) is 3.60. The first-order valence-corrected chi connectivity index (χ1v) is 6.15. The second-order valence-corrected chi connectivity index (χ2v) is 5.22. The minimum Gasteiger partial charge on any atom is -0.337 e. The number of carbonyl (C=O) groups is 1. The van der Waals surface area contributed by atoms with Gasteiger partial charge in [-0.15, -0.1) is 0 Å². The van der Waals surface area contributed by atoms with Crippen molar-refractivity contribution in [2.45, 2.75) is 38.9 Å². The molecule has 112 valence electrons. The molecule has 0 aliphatic heterocycles. The normalized spacial score (nSPS) is 12.4. The van der Waals surface area contributed by atoms with Crippen LogP contribution in [0.2, 0.25) is 0 Å². The third kappa shape index (κ3) is 3.29. The van der Waals surface area contributed by atoms with Crippen LogP contribution < -0.4 is 0 Å². The lowest BCUT2D eigenvalue weighted by molar-refractivity contribution is -0.137. The molecule has 0 atom stereocenters. The van der Waals surface area contributed by atoms with Crippen LogP contribution in [0.25, 0.3) is 0 Å². The number of hydrogen-bond acceptors (Lipinski definition) is 1. The van der Waals surface area contributed by atoms with E-state index < -0.39 is 34.6 Å². The van der Waals surface area contributed by atoms with Gasteiger partial charge in [-0.05, 0) is 38.5 Å². The Morgan fingerprint density at radius 2 is 1.80 bits per heavy atom. The third-order valence-electron chi connectivity index (χ3n) is 3.60. The largest absolute Gasteiger partial charge is 0.416 e. The van der Waals surface area contributed by atoms with Crippen molar-refractivity contribution in [2.75, 3.05) is 7.05 Å². The quantitative estimate of drug-likeness (QED) is 0.768. The van der Waals surface area contributed by atoms with Crippen molar-refractivity contribution in [1.82, 2.24) is 4.90 Å². The van der Waals surface area contributed by atoms with E-state index in [1.54, 1.807) is 13.8 Å². The molecule has 0 saturated carbocycles. The minimum atomic E-state index is -4.61. The fraction of sp³-hybridized carbons (Fsp3) is 0.500. The highest BCUT2D eigenvalue weighted by Gasteiger charge is 2.33. The van der Waals surface area contributed by atoms with E-state index >= 15 is 0 Å². The summed E-state index contributed by atoms with van der Waals surface area (Å²) in [5, 5.41) is 0. The summed E-state index contributed by atoms with van der Waals surface area (Å²) in [5.41, 5.74) is -2.17. The molecule has 0 radical (unpaired) electrons. The van der Waals surface area contributed by atoms with Gasteiger partial charge in [0.2, 0.25) is 0 Å². The smallest absolute Gasteiger partial charge is 0.337 e. The van der Waals surface area contributed by atoms with Crippen molar-refractivity contribution < 1.29 is 22.4 Å². The second-order valence-electron chi connectivity index (χ2n) is 5.22. The van der Waals surface area contributed by atoms with Crippen LogP contribution in [0.5, 0.6) is 0 Å². The Morgan fingerprint density at radius 3 is 2.25 bits per heavy atom. The monoisotopic (exact) mass is 291 g/mol. The molecule has 0 unspecified atom stereocenters. The summed E-state index contributed by atoms with van der Waals surface area (Å²) in [5.74, 6) is -1.72. The molecule has 0 saturated heterocycles. The lowest BCUT2D eigenvalue weighted by Crippen LogP contribution is -2.44. The summed E-state index contributed by atoms with van der Waals surface area (Å²) in [6.45, 7) is 5.36. The lowest BCUT2D eigenvalue weighted by atomic mass is 9.98. The van der Waals surface area contributed by atoms with Crippen molar-refractivity contribution in [3.63, 3.8) is 0 Å². The molecule has 1 aromatic rings. The predicted molar refractivity (Wildman–Crippen MR) is 67.9 cm³/mol. The van der Waals surface area contributed by atoms with Crippen molar-refractivity contribution in [2.24, 2.45) is 0 Å². The van der Waals surface area contributed by atoms with Crippen molar-refractivity contribution in [3.05, 3.63) is 35.1 Å². The highest BCUT2D eigenvalue weighted by atomic mass is 19.4. The number of amides is 1. The van der Waals surface area contributed by atoms with E-state index in [0.29, 0.717) is 24.6 Å². The van der Waals surface area contributed by atoms with Gasteiger partial charge in [-0.25, -0.2) is 4.39 Å². The van der Waals surface area contributed by atoms with Crippen LogP contribution in [-0.4, -0.2) is 23.4 Å². The van der Waals surface area contributed by atoms with E-state index in [2.05, 4.69) is 0 Å². The number of nitrogens with zero attached hydrogens (tertiary/aromatic N) is 1. The molecule has 2 nitrogen and oxygen atoms in total. The van der Waals surface area contributed by atoms with Gasteiger partial charge in [-0.1, -0.05) is 6.92 Å². The number of hydrogen-bond donors (Lipinski definition) is 0. The Balaban J connectivity index is 3.23. The molecule has 0 spiro atoms. The first-order chi connectivity index (χ1) is 9.00. The van der Waals surface area contributed by atoms with E-state index in [0.717, 1.165) is 0 Å². The Labute approximate surface area is 115 Å². The molecular formula is C14H17F4NO. The van der Waals surface area contributed by atoms with Gasteiger partial charge in [-0.2, -0.15) is 13.2 Å². The zero-order chi connectivity index (χ0) is 15.7. The molecular weight excluding hydrogens is 274 g/mol. The zero-order valence-corrected chi connectivity index (χ0v) is 11.8. The van der Waals surface area contributed by atoms with E-state index in [1.807, 2.05) is 6.92 Å². The van der Waals surface area contributed by atoms with Crippen molar-refractivity contribution >= 4 is 5.91 Å². The fourth-order valence-electron chi connectivity index (χ4n) is 1.56. The van der Waals surface area contributed by atoms with E-state index in [1.165, 1.54) is 11.9 Å². The summed E-state index contributed by atoms with van der Waals surface area (Å²) in [6, 6.07) is 1.85. The molecule has 1 rings (SSSR count). The summed E-state index contributed by atoms with van der Waals surface area (Å²) in [4.78, 5) is 13.4. The number of benzene rings is 1. The van der Waals surface area contributed by atoms with Crippen LogP contribution >= 0.6 is 0 Å². The maximum Gasteiger partial charge on any atom is 0.416 e. The molecule has 1 aromatic carbocycles. The first-order valence-electron chi connectivity index (χ1n) is 6.15. The molecule has 1 amide bonds. The molecule has 0 N–H and O–H groups in total. The predicted octanol–water partition coefficient (Wildman–Crippen LogP) is 4.11. The van der Waals surface area contributed by atoms with Crippen molar-refractivity contribution in [3.8, 4) is 0 Å². The van der Waals surface area contributed by atoms with Gasteiger partial charge in [0, 0.05) is 12.6 Å². The van der Waals surface area contributed by atoms with Crippen molar-refractivity contribution in [1.29, 1.82) is 0 Å². The summed E-state index contributed by atoms with van der Waals surface area (Å²) in [7, 11) is 1.45. The zero-order valence-electron chi connectivity index (χ0n) is 11.8. The Bertz CT molecular complexity index is 508. The van der Waals surface area contributed by atoms with Gasteiger partial charge in [0.15, 0.2) is 0 Å². The fourth-order valence-corrected chi connectivity index (χ4v) is 1.56. The van der Waals surface area contributed by atoms with Gasteiger partial charge < -0.3 is 4.90 Å². The number of halogens is 4. The molecule has 20 heavy (non-hydrogen) atoms. The van der Waals surface area contributed by atoms with Crippen LogP contribution in [0.4, 0.5) is 17.6 Å². The maximum atomic E-state index is 13.6. The Hall–Kier alpha value is -1.59. The number of carbonyl (C=O) groups excluding carboxylic acids is 1.